The fourth-order valence-corrected chi connectivity index (χ4v) is 3.44. The van der Waals surface area contributed by atoms with Gasteiger partial charge in [-0.25, -0.2) is 9.97 Å². The summed E-state index contributed by atoms with van der Waals surface area (Å²) in [5.41, 5.74) is 1.04. The fraction of sp³-hybridized carbons (Fsp3) is 0. The summed E-state index contributed by atoms with van der Waals surface area (Å²) in [5.74, 6) is 0.750. The topological polar surface area (TPSA) is 30.2 Å². The molecule has 0 atom stereocenters. The number of hydrogen-bond acceptors (Lipinski definition) is 3. The van der Waals surface area contributed by atoms with Gasteiger partial charge in [0.15, 0.2) is 0 Å². The van der Waals surface area contributed by atoms with Gasteiger partial charge in [0, 0.05) is 22.5 Å². The van der Waals surface area contributed by atoms with Gasteiger partial charge in [-0.15, -0.1) is 11.3 Å². The monoisotopic (exact) mass is 303 g/mol. The van der Waals surface area contributed by atoms with Crippen LogP contribution >= 0.6 is 27.3 Å². The van der Waals surface area contributed by atoms with Crippen LogP contribution in [0, 0.1) is 0 Å². The highest BCUT2D eigenvalue weighted by Gasteiger charge is 2.11. The van der Waals surface area contributed by atoms with Crippen LogP contribution in [0.15, 0.2) is 41.1 Å². The van der Waals surface area contributed by atoms with Gasteiger partial charge in [0.1, 0.15) is 10.3 Å². The van der Waals surface area contributed by atoms with Crippen molar-refractivity contribution in [1.82, 2.24) is 14.4 Å². The molecule has 0 aliphatic rings. The number of thiophene rings is 1. The first kappa shape index (κ1) is 9.56. The summed E-state index contributed by atoms with van der Waals surface area (Å²) in [6, 6.07) is 8.33. The van der Waals surface area contributed by atoms with Gasteiger partial charge in [0.2, 0.25) is 5.78 Å². The molecule has 0 unspecified atom stereocenters. The van der Waals surface area contributed by atoms with Crippen molar-refractivity contribution in [3.8, 4) is 0 Å². The summed E-state index contributed by atoms with van der Waals surface area (Å²) in [6.45, 7) is 0. The van der Waals surface area contributed by atoms with Gasteiger partial charge < -0.3 is 0 Å². The Morgan fingerprint density at radius 3 is 3.06 bits per heavy atom. The SMILES string of the molecule is Brc1cnc2nc3c4ccccc4sc3n2c1. The van der Waals surface area contributed by atoms with Crippen LogP contribution in [0.1, 0.15) is 0 Å². The molecule has 0 aliphatic heterocycles. The lowest BCUT2D eigenvalue weighted by atomic mass is 10.2. The number of hydrogen-bond donors (Lipinski definition) is 0. The van der Waals surface area contributed by atoms with Gasteiger partial charge in [0.25, 0.3) is 0 Å². The number of benzene rings is 1. The van der Waals surface area contributed by atoms with E-state index < -0.39 is 0 Å². The van der Waals surface area contributed by atoms with Crippen LogP contribution in [0.5, 0.6) is 0 Å². The smallest absolute Gasteiger partial charge is 0.235 e. The van der Waals surface area contributed by atoms with Crippen molar-refractivity contribution < 1.29 is 0 Å². The van der Waals surface area contributed by atoms with Gasteiger partial charge in [-0.1, -0.05) is 18.2 Å². The molecule has 0 saturated heterocycles. The molecule has 0 N–H and O–H groups in total. The molecule has 0 aliphatic carbocycles. The summed E-state index contributed by atoms with van der Waals surface area (Å²) >= 11 is 5.19. The van der Waals surface area contributed by atoms with E-state index in [1.165, 1.54) is 10.1 Å². The number of aromatic nitrogens is 3. The summed E-state index contributed by atoms with van der Waals surface area (Å²) in [7, 11) is 0. The molecule has 3 aromatic heterocycles. The third kappa shape index (κ3) is 1.26. The number of fused-ring (bicyclic) bond motifs is 5. The summed E-state index contributed by atoms with van der Waals surface area (Å²) in [4.78, 5) is 10.0. The fourth-order valence-electron chi connectivity index (χ4n) is 2.02. The van der Waals surface area contributed by atoms with Crippen LogP contribution in [-0.2, 0) is 0 Å². The maximum atomic E-state index is 4.59. The second-order valence-electron chi connectivity index (χ2n) is 3.81. The van der Waals surface area contributed by atoms with Crippen LogP contribution in [0.4, 0.5) is 0 Å². The lowest BCUT2D eigenvalue weighted by Gasteiger charge is -1.92. The van der Waals surface area contributed by atoms with Crippen molar-refractivity contribution >= 4 is 53.5 Å². The van der Waals surface area contributed by atoms with E-state index in [2.05, 4.69) is 44.1 Å². The van der Waals surface area contributed by atoms with Crippen molar-refractivity contribution in [2.45, 2.75) is 0 Å². The van der Waals surface area contributed by atoms with Crippen molar-refractivity contribution in [3.63, 3.8) is 0 Å². The first-order valence-corrected chi connectivity index (χ1v) is 6.75. The Morgan fingerprint density at radius 1 is 1.24 bits per heavy atom. The van der Waals surface area contributed by atoms with Gasteiger partial charge in [-0.3, -0.25) is 4.40 Å². The number of rotatable bonds is 0. The molecule has 0 saturated carbocycles. The van der Waals surface area contributed by atoms with Gasteiger partial charge >= 0.3 is 0 Å². The lowest BCUT2D eigenvalue weighted by molar-refractivity contribution is 1.13. The van der Waals surface area contributed by atoms with E-state index in [1.807, 2.05) is 16.7 Å². The highest BCUT2D eigenvalue weighted by atomic mass is 79.9. The molecule has 1 aromatic carbocycles. The molecule has 0 fully saturated rings. The molecule has 3 heterocycles. The van der Waals surface area contributed by atoms with Crippen molar-refractivity contribution in [2.75, 3.05) is 0 Å². The van der Waals surface area contributed by atoms with Gasteiger partial charge in [-0.2, -0.15) is 0 Å². The maximum Gasteiger partial charge on any atom is 0.235 e. The van der Waals surface area contributed by atoms with Crippen LogP contribution < -0.4 is 0 Å². The summed E-state index contributed by atoms with van der Waals surface area (Å²) in [5, 5.41) is 1.20. The third-order valence-electron chi connectivity index (χ3n) is 2.75. The normalized spacial score (nSPS) is 11.8. The van der Waals surface area contributed by atoms with Gasteiger partial charge in [-0.05, 0) is 22.0 Å². The van der Waals surface area contributed by atoms with Gasteiger partial charge in [0.05, 0.1) is 4.47 Å². The zero-order valence-corrected chi connectivity index (χ0v) is 11.0. The second kappa shape index (κ2) is 3.27. The molecule has 82 valence electrons. The first-order chi connectivity index (χ1) is 8.33. The zero-order valence-electron chi connectivity index (χ0n) is 8.59. The molecule has 4 rings (SSSR count). The number of imidazole rings is 1. The largest absolute Gasteiger partial charge is 0.274 e. The maximum absolute atomic E-state index is 4.59. The van der Waals surface area contributed by atoms with E-state index >= 15 is 0 Å². The molecule has 4 aromatic rings. The molecule has 3 nitrogen and oxygen atoms in total. The Kier molecular flexibility index (Phi) is 1.84. The second-order valence-corrected chi connectivity index (χ2v) is 5.75. The molecular formula is C12H6BrN3S. The zero-order chi connectivity index (χ0) is 11.4. The Morgan fingerprint density at radius 2 is 2.12 bits per heavy atom. The quantitative estimate of drug-likeness (QED) is 0.494. The van der Waals surface area contributed by atoms with Crippen LogP contribution in [-0.4, -0.2) is 14.4 Å². The lowest BCUT2D eigenvalue weighted by Crippen LogP contribution is -1.86. The number of nitrogens with zero attached hydrogens (tertiary/aromatic N) is 3. The minimum atomic E-state index is 0.750. The van der Waals surface area contributed by atoms with E-state index in [0.717, 1.165) is 20.6 Å². The predicted molar refractivity (Wildman–Crippen MR) is 73.6 cm³/mol. The van der Waals surface area contributed by atoms with Crippen molar-refractivity contribution in [2.24, 2.45) is 0 Å². The highest BCUT2D eigenvalue weighted by Crippen LogP contribution is 2.33. The molecular weight excluding hydrogens is 298 g/mol. The van der Waals surface area contributed by atoms with Crippen molar-refractivity contribution in [3.05, 3.63) is 41.1 Å². The average molecular weight is 304 g/mol. The molecule has 0 bridgehead atoms. The molecule has 0 radical (unpaired) electrons. The molecule has 5 heteroatoms. The average Bonchev–Trinajstić information content (AvgIpc) is 2.85. The number of halogens is 1. The van der Waals surface area contributed by atoms with E-state index in [-0.39, 0.29) is 0 Å². The van der Waals surface area contributed by atoms with E-state index in [9.17, 15) is 0 Å². The Balaban J connectivity index is 2.30. The molecule has 17 heavy (non-hydrogen) atoms. The van der Waals surface area contributed by atoms with E-state index in [1.54, 1.807) is 17.5 Å². The predicted octanol–water partition coefficient (Wildman–Crippen LogP) is 3.86. The van der Waals surface area contributed by atoms with E-state index in [0.29, 0.717) is 0 Å². The Bertz CT molecular complexity index is 862. The van der Waals surface area contributed by atoms with Crippen LogP contribution in [0.2, 0.25) is 0 Å². The Hall–Kier alpha value is -1.46. The third-order valence-corrected chi connectivity index (χ3v) is 4.32. The van der Waals surface area contributed by atoms with Crippen LogP contribution in [0.3, 0.4) is 0 Å². The first-order valence-electron chi connectivity index (χ1n) is 5.14. The molecule has 0 amide bonds. The van der Waals surface area contributed by atoms with E-state index in [4.69, 9.17) is 0 Å². The Labute approximate surface area is 109 Å². The highest BCUT2D eigenvalue weighted by molar-refractivity contribution is 9.10. The summed E-state index contributed by atoms with van der Waals surface area (Å²) < 4.78 is 4.26. The van der Waals surface area contributed by atoms with Crippen molar-refractivity contribution in [1.29, 1.82) is 0 Å². The van der Waals surface area contributed by atoms with Crippen LogP contribution in [0.25, 0.3) is 26.2 Å². The standard InChI is InChI=1S/C12H6BrN3S/c13-7-5-14-12-15-10-8-3-1-2-4-9(8)17-11(10)16(12)6-7/h1-6H. The summed E-state index contributed by atoms with van der Waals surface area (Å²) in [6.07, 6.45) is 3.78. The molecule has 0 spiro atoms. The minimum Gasteiger partial charge on any atom is -0.274 e. The minimum absolute atomic E-state index is 0.750.